The molecule has 1 aromatic carbocycles. The van der Waals surface area contributed by atoms with Crippen molar-refractivity contribution in [2.75, 3.05) is 20.6 Å². The molecular formula is C12H17N3O2. The summed E-state index contributed by atoms with van der Waals surface area (Å²) in [6.45, 7) is 0.288. The van der Waals surface area contributed by atoms with Gasteiger partial charge in [0.05, 0.1) is 0 Å². The highest BCUT2D eigenvalue weighted by molar-refractivity contribution is 5.94. The number of hydrogen-bond acceptors (Lipinski definition) is 3. The topological polar surface area (TPSA) is 66.6 Å². The molecule has 1 rings (SSSR count). The normalized spacial score (nSPS) is 10.3. The molecule has 0 fully saturated rings. The molecule has 2 amide bonds. The Morgan fingerprint density at radius 1 is 1.18 bits per heavy atom. The molecule has 0 spiro atoms. The molecule has 0 heterocycles. The van der Waals surface area contributed by atoms with Crippen molar-refractivity contribution < 1.29 is 9.59 Å². The molecule has 0 saturated heterocycles. The third-order valence-corrected chi connectivity index (χ3v) is 2.31. The predicted molar refractivity (Wildman–Crippen MR) is 65.0 cm³/mol. The van der Waals surface area contributed by atoms with E-state index in [0.29, 0.717) is 5.56 Å². The van der Waals surface area contributed by atoms with E-state index in [1.165, 1.54) is 5.01 Å². The van der Waals surface area contributed by atoms with E-state index < -0.39 is 5.91 Å². The van der Waals surface area contributed by atoms with E-state index in [1.54, 1.807) is 43.4 Å². The fraction of sp³-hybridized carbons (Fsp3) is 0.333. The van der Waals surface area contributed by atoms with Crippen molar-refractivity contribution in [3.05, 3.63) is 35.9 Å². The first-order valence-corrected chi connectivity index (χ1v) is 5.35. The van der Waals surface area contributed by atoms with Gasteiger partial charge in [0.2, 0.25) is 5.91 Å². The molecule has 0 saturated carbocycles. The van der Waals surface area contributed by atoms with Gasteiger partial charge in [-0.2, -0.15) is 0 Å². The van der Waals surface area contributed by atoms with Crippen LogP contribution in [-0.4, -0.2) is 42.5 Å². The Hall–Kier alpha value is -1.88. The molecule has 5 heteroatoms. The number of rotatable bonds is 5. The SMILES string of the molecule is CN(C)N(CCC(N)=O)C(=O)c1ccccc1. The molecule has 1 aromatic rings. The largest absolute Gasteiger partial charge is 0.370 e. The molecule has 0 aliphatic rings. The number of hydrazine groups is 1. The highest BCUT2D eigenvalue weighted by Crippen LogP contribution is 2.06. The molecule has 0 aliphatic heterocycles. The Labute approximate surface area is 101 Å². The third-order valence-electron chi connectivity index (χ3n) is 2.31. The molecule has 0 radical (unpaired) electrons. The molecule has 92 valence electrons. The van der Waals surface area contributed by atoms with Crippen LogP contribution < -0.4 is 5.73 Å². The number of hydrogen-bond donors (Lipinski definition) is 1. The van der Waals surface area contributed by atoms with Gasteiger partial charge in [-0.05, 0) is 12.1 Å². The van der Waals surface area contributed by atoms with Crippen LogP contribution in [0.15, 0.2) is 30.3 Å². The van der Waals surface area contributed by atoms with Crippen molar-refractivity contribution in [1.29, 1.82) is 0 Å². The van der Waals surface area contributed by atoms with Crippen LogP contribution in [0.4, 0.5) is 0 Å². The third kappa shape index (κ3) is 3.88. The summed E-state index contributed by atoms with van der Waals surface area (Å²) >= 11 is 0. The van der Waals surface area contributed by atoms with E-state index in [9.17, 15) is 9.59 Å². The summed E-state index contributed by atoms with van der Waals surface area (Å²) in [4.78, 5) is 22.9. The molecule has 2 N–H and O–H groups in total. The van der Waals surface area contributed by atoms with Crippen LogP contribution in [-0.2, 0) is 4.79 Å². The Morgan fingerprint density at radius 3 is 2.24 bits per heavy atom. The van der Waals surface area contributed by atoms with E-state index in [0.717, 1.165) is 0 Å². The second-order valence-corrected chi connectivity index (χ2v) is 3.86. The Kier molecular flexibility index (Phi) is 4.66. The number of carbonyl (C=O) groups excluding carboxylic acids is 2. The number of primary amides is 1. The zero-order valence-electron chi connectivity index (χ0n) is 10.1. The van der Waals surface area contributed by atoms with Crippen molar-refractivity contribution in [2.24, 2.45) is 5.73 Å². The van der Waals surface area contributed by atoms with Gasteiger partial charge in [0, 0.05) is 32.6 Å². The fourth-order valence-electron chi connectivity index (χ4n) is 1.43. The minimum atomic E-state index is -0.419. The molecule has 5 nitrogen and oxygen atoms in total. The smallest absolute Gasteiger partial charge is 0.268 e. The van der Waals surface area contributed by atoms with E-state index >= 15 is 0 Å². The van der Waals surface area contributed by atoms with Crippen LogP contribution in [0.2, 0.25) is 0 Å². The second kappa shape index (κ2) is 6.00. The molecule has 0 atom stereocenters. The van der Waals surface area contributed by atoms with Gasteiger partial charge >= 0.3 is 0 Å². The number of benzene rings is 1. The maximum absolute atomic E-state index is 12.1. The summed E-state index contributed by atoms with van der Waals surface area (Å²) in [7, 11) is 3.50. The van der Waals surface area contributed by atoms with Crippen LogP contribution in [0.1, 0.15) is 16.8 Å². The lowest BCUT2D eigenvalue weighted by Crippen LogP contribution is -2.43. The molecule has 0 aromatic heterocycles. The molecule has 0 bridgehead atoms. The first-order chi connectivity index (χ1) is 8.02. The van der Waals surface area contributed by atoms with Crippen molar-refractivity contribution in [1.82, 2.24) is 10.0 Å². The van der Waals surface area contributed by atoms with Crippen molar-refractivity contribution in [3.8, 4) is 0 Å². The van der Waals surface area contributed by atoms with Gasteiger partial charge in [-0.25, -0.2) is 5.01 Å². The number of nitrogens with two attached hydrogens (primary N) is 1. The van der Waals surface area contributed by atoms with E-state index in [-0.39, 0.29) is 18.9 Å². The molecule has 0 aliphatic carbocycles. The lowest BCUT2D eigenvalue weighted by molar-refractivity contribution is -0.118. The maximum Gasteiger partial charge on any atom is 0.268 e. The van der Waals surface area contributed by atoms with Gasteiger partial charge in [0.1, 0.15) is 0 Å². The molecule has 17 heavy (non-hydrogen) atoms. The van der Waals surface area contributed by atoms with Crippen LogP contribution in [0.5, 0.6) is 0 Å². The summed E-state index contributed by atoms with van der Waals surface area (Å²) in [6.07, 6.45) is 0.150. The Balaban J connectivity index is 2.77. The van der Waals surface area contributed by atoms with E-state index in [1.807, 2.05) is 6.07 Å². The summed E-state index contributed by atoms with van der Waals surface area (Å²) in [5.41, 5.74) is 5.67. The number of amides is 2. The van der Waals surface area contributed by atoms with Crippen molar-refractivity contribution >= 4 is 11.8 Å². The van der Waals surface area contributed by atoms with Crippen LogP contribution in [0, 0.1) is 0 Å². The quantitative estimate of drug-likeness (QED) is 0.755. The first kappa shape index (κ1) is 13.2. The van der Waals surface area contributed by atoms with Crippen LogP contribution in [0.25, 0.3) is 0 Å². The predicted octanol–water partition coefficient (Wildman–Crippen LogP) is 0.481. The summed E-state index contributed by atoms with van der Waals surface area (Å²) in [5, 5.41) is 3.14. The van der Waals surface area contributed by atoms with Crippen LogP contribution in [0.3, 0.4) is 0 Å². The average Bonchev–Trinajstić information content (AvgIpc) is 2.29. The fourth-order valence-corrected chi connectivity index (χ4v) is 1.43. The molecule has 0 unspecified atom stereocenters. The first-order valence-electron chi connectivity index (χ1n) is 5.35. The van der Waals surface area contributed by atoms with Gasteiger partial charge in [0.15, 0.2) is 0 Å². The van der Waals surface area contributed by atoms with Crippen molar-refractivity contribution in [2.45, 2.75) is 6.42 Å². The Morgan fingerprint density at radius 2 is 1.76 bits per heavy atom. The zero-order valence-corrected chi connectivity index (χ0v) is 10.1. The van der Waals surface area contributed by atoms with Gasteiger partial charge in [-0.1, -0.05) is 18.2 Å². The van der Waals surface area contributed by atoms with Crippen molar-refractivity contribution in [3.63, 3.8) is 0 Å². The highest BCUT2D eigenvalue weighted by Gasteiger charge is 2.17. The van der Waals surface area contributed by atoms with Gasteiger partial charge in [-0.15, -0.1) is 0 Å². The lowest BCUT2D eigenvalue weighted by atomic mass is 10.2. The minimum absolute atomic E-state index is 0.142. The van der Waals surface area contributed by atoms with Crippen LogP contribution >= 0.6 is 0 Å². The summed E-state index contributed by atoms with van der Waals surface area (Å²) in [6, 6.07) is 8.93. The summed E-state index contributed by atoms with van der Waals surface area (Å²) < 4.78 is 0. The summed E-state index contributed by atoms with van der Waals surface area (Å²) in [5.74, 6) is -0.561. The van der Waals surface area contributed by atoms with E-state index in [4.69, 9.17) is 5.73 Å². The number of carbonyl (C=O) groups is 2. The highest BCUT2D eigenvalue weighted by atomic mass is 16.2. The molecular weight excluding hydrogens is 218 g/mol. The standard InChI is InChI=1S/C12H17N3O2/c1-14(2)15(9-8-11(13)16)12(17)10-6-4-3-5-7-10/h3-7H,8-9H2,1-2H3,(H2,13,16). The van der Waals surface area contributed by atoms with E-state index in [2.05, 4.69) is 0 Å². The zero-order chi connectivity index (χ0) is 12.8. The monoisotopic (exact) mass is 235 g/mol. The van der Waals surface area contributed by atoms with Gasteiger partial charge < -0.3 is 5.73 Å². The second-order valence-electron chi connectivity index (χ2n) is 3.86. The Bertz CT molecular complexity index is 390. The number of nitrogens with zero attached hydrogens (tertiary/aromatic N) is 2. The minimum Gasteiger partial charge on any atom is -0.370 e. The lowest BCUT2D eigenvalue weighted by Gasteiger charge is -2.28. The average molecular weight is 235 g/mol. The van der Waals surface area contributed by atoms with Gasteiger partial charge in [0.25, 0.3) is 5.91 Å². The maximum atomic E-state index is 12.1. The van der Waals surface area contributed by atoms with Gasteiger partial charge in [-0.3, -0.25) is 14.6 Å².